The number of rotatable bonds is 2. The molecule has 0 aliphatic heterocycles. The highest BCUT2D eigenvalue weighted by atomic mass is 35.5. The van der Waals surface area contributed by atoms with E-state index >= 15 is 0 Å². The van der Waals surface area contributed by atoms with Crippen molar-refractivity contribution in [2.24, 2.45) is 0 Å². The minimum absolute atomic E-state index is 0.484. The van der Waals surface area contributed by atoms with Gasteiger partial charge in [0.25, 0.3) is 0 Å². The molecule has 0 spiro atoms. The van der Waals surface area contributed by atoms with E-state index in [1.54, 1.807) is 0 Å². The Hall–Kier alpha value is -0.690. The van der Waals surface area contributed by atoms with E-state index in [-0.39, 0.29) is 0 Å². The van der Waals surface area contributed by atoms with E-state index in [0.717, 1.165) is 21.7 Å². The normalized spacial score (nSPS) is 10.4. The van der Waals surface area contributed by atoms with Gasteiger partial charge in [-0.05, 0) is 35.4 Å². The van der Waals surface area contributed by atoms with Gasteiger partial charge in [0.05, 0.1) is 0 Å². The quantitative estimate of drug-likeness (QED) is 0.642. The summed E-state index contributed by atoms with van der Waals surface area (Å²) in [7, 11) is 0. The van der Waals surface area contributed by atoms with Crippen LogP contribution in [-0.4, -0.2) is 0 Å². The Morgan fingerprint density at radius 3 is 2.19 bits per heavy atom. The fourth-order valence-corrected chi connectivity index (χ4v) is 2.03. The maximum atomic E-state index is 6.15. The molecule has 0 nitrogen and oxygen atoms in total. The van der Waals surface area contributed by atoms with Crippen LogP contribution in [0.1, 0.15) is 5.56 Å². The predicted molar refractivity (Wildman–Crippen MR) is 71.5 cm³/mol. The molecule has 2 aromatic carbocycles. The molecule has 82 valence electrons. The van der Waals surface area contributed by atoms with Gasteiger partial charge in [0.15, 0.2) is 0 Å². The predicted octanol–water partition coefficient (Wildman–Crippen LogP) is 5.40. The Labute approximate surface area is 110 Å². The average molecular weight is 272 g/mol. The first-order valence-electron chi connectivity index (χ1n) is 4.81. The fraction of sp³-hybridized carbons (Fsp3) is 0.0769. The topological polar surface area (TPSA) is 0 Å². The van der Waals surface area contributed by atoms with Gasteiger partial charge in [-0.3, -0.25) is 0 Å². The molecule has 0 atom stereocenters. The molecule has 16 heavy (non-hydrogen) atoms. The van der Waals surface area contributed by atoms with Crippen LogP contribution in [0.2, 0.25) is 10.0 Å². The molecular weight excluding hydrogens is 263 g/mol. The molecule has 0 aromatic heterocycles. The Kier molecular flexibility index (Phi) is 3.75. The molecule has 0 aliphatic rings. The highest BCUT2D eigenvalue weighted by molar-refractivity contribution is 6.33. The molecule has 0 heterocycles. The van der Waals surface area contributed by atoms with Crippen molar-refractivity contribution >= 4 is 34.8 Å². The van der Waals surface area contributed by atoms with Crippen LogP contribution in [-0.2, 0) is 5.88 Å². The maximum absolute atomic E-state index is 6.15. The lowest BCUT2D eigenvalue weighted by Gasteiger charge is -2.06. The molecule has 0 fully saturated rings. The summed E-state index contributed by atoms with van der Waals surface area (Å²) in [5, 5.41) is 1.43. The van der Waals surface area contributed by atoms with Crippen LogP contribution in [0.25, 0.3) is 11.1 Å². The molecule has 0 aliphatic carbocycles. The third-order valence-corrected chi connectivity index (χ3v) is 3.23. The monoisotopic (exact) mass is 270 g/mol. The van der Waals surface area contributed by atoms with Crippen molar-refractivity contribution in [3.8, 4) is 11.1 Å². The van der Waals surface area contributed by atoms with E-state index in [4.69, 9.17) is 34.8 Å². The molecule has 3 heteroatoms. The number of hydrogen-bond donors (Lipinski definition) is 0. The van der Waals surface area contributed by atoms with Crippen LogP contribution in [0, 0.1) is 0 Å². The van der Waals surface area contributed by atoms with E-state index in [1.165, 1.54) is 0 Å². The van der Waals surface area contributed by atoms with Crippen molar-refractivity contribution in [3.63, 3.8) is 0 Å². The number of benzene rings is 2. The van der Waals surface area contributed by atoms with Gasteiger partial charge in [-0.1, -0.05) is 41.4 Å². The number of alkyl halides is 1. The molecule has 0 bridgehead atoms. The van der Waals surface area contributed by atoms with Crippen LogP contribution < -0.4 is 0 Å². The molecule has 0 saturated carbocycles. The molecule has 2 aromatic rings. The minimum atomic E-state index is 0.484. The van der Waals surface area contributed by atoms with Crippen LogP contribution in [0.15, 0.2) is 42.5 Å². The lowest BCUT2D eigenvalue weighted by Crippen LogP contribution is -1.83. The van der Waals surface area contributed by atoms with Gasteiger partial charge in [0.2, 0.25) is 0 Å². The second-order valence-electron chi connectivity index (χ2n) is 3.45. The third-order valence-electron chi connectivity index (χ3n) is 2.34. The molecule has 0 radical (unpaired) electrons. The summed E-state index contributed by atoms with van der Waals surface area (Å²) in [6.45, 7) is 0. The van der Waals surface area contributed by atoms with Crippen molar-refractivity contribution in [3.05, 3.63) is 58.1 Å². The summed E-state index contributed by atoms with van der Waals surface area (Å²) in [6.07, 6.45) is 0. The van der Waals surface area contributed by atoms with Crippen LogP contribution in [0.3, 0.4) is 0 Å². The fourth-order valence-electron chi connectivity index (χ4n) is 1.51. The summed E-state index contributed by atoms with van der Waals surface area (Å²) in [4.78, 5) is 0. The maximum Gasteiger partial charge on any atom is 0.0484 e. The van der Waals surface area contributed by atoms with Gasteiger partial charge in [0.1, 0.15) is 0 Å². The summed E-state index contributed by atoms with van der Waals surface area (Å²) in [5.41, 5.74) is 3.08. The summed E-state index contributed by atoms with van der Waals surface area (Å²) in [5.74, 6) is 0.484. The lowest BCUT2D eigenvalue weighted by atomic mass is 10.0. The molecule has 0 saturated heterocycles. The summed E-state index contributed by atoms with van der Waals surface area (Å²) in [6, 6.07) is 13.4. The average Bonchev–Trinajstić information content (AvgIpc) is 2.31. The zero-order chi connectivity index (χ0) is 11.5. The summed E-state index contributed by atoms with van der Waals surface area (Å²) >= 11 is 17.8. The van der Waals surface area contributed by atoms with Gasteiger partial charge in [0, 0.05) is 21.5 Å². The lowest BCUT2D eigenvalue weighted by molar-refractivity contribution is 1.40. The van der Waals surface area contributed by atoms with Crippen LogP contribution >= 0.6 is 34.8 Å². The molecular formula is C13H9Cl3. The van der Waals surface area contributed by atoms with Crippen molar-refractivity contribution in [1.29, 1.82) is 0 Å². The smallest absolute Gasteiger partial charge is 0.0484 e. The largest absolute Gasteiger partial charge is 0.122 e. The van der Waals surface area contributed by atoms with Crippen molar-refractivity contribution in [1.82, 2.24) is 0 Å². The first-order chi connectivity index (χ1) is 7.70. The number of hydrogen-bond acceptors (Lipinski definition) is 0. The molecule has 0 N–H and O–H groups in total. The highest BCUT2D eigenvalue weighted by Crippen LogP contribution is 2.30. The second kappa shape index (κ2) is 5.09. The van der Waals surface area contributed by atoms with Gasteiger partial charge >= 0.3 is 0 Å². The zero-order valence-electron chi connectivity index (χ0n) is 8.38. The second-order valence-corrected chi connectivity index (χ2v) is 4.57. The Balaban J connectivity index is 2.50. The van der Waals surface area contributed by atoms with Crippen molar-refractivity contribution < 1.29 is 0 Å². The van der Waals surface area contributed by atoms with Crippen LogP contribution in [0.5, 0.6) is 0 Å². The Bertz CT molecular complexity index is 489. The van der Waals surface area contributed by atoms with E-state index in [2.05, 4.69) is 0 Å². The Morgan fingerprint density at radius 2 is 1.56 bits per heavy atom. The SMILES string of the molecule is ClCc1ccc(Cl)c(-c2ccc(Cl)cc2)c1. The van der Waals surface area contributed by atoms with E-state index in [9.17, 15) is 0 Å². The molecule has 0 amide bonds. The van der Waals surface area contributed by atoms with Crippen LogP contribution in [0.4, 0.5) is 0 Å². The van der Waals surface area contributed by atoms with Gasteiger partial charge in [-0.2, -0.15) is 0 Å². The van der Waals surface area contributed by atoms with Crippen molar-refractivity contribution in [2.45, 2.75) is 5.88 Å². The van der Waals surface area contributed by atoms with E-state index in [0.29, 0.717) is 10.9 Å². The minimum Gasteiger partial charge on any atom is -0.122 e. The van der Waals surface area contributed by atoms with Gasteiger partial charge in [-0.25, -0.2) is 0 Å². The highest BCUT2D eigenvalue weighted by Gasteiger charge is 2.04. The standard InChI is InChI=1S/C13H9Cl3/c14-8-9-1-6-13(16)12(7-9)10-2-4-11(15)5-3-10/h1-7H,8H2. The Morgan fingerprint density at radius 1 is 0.875 bits per heavy atom. The first kappa shape index (κ1) is 11.8. The third kappa shape index (κ3) is 2.52. The summed E-state index contributed by atoms with van der Waals surface area (Å²) < 4.78 is 0. The van der Waals surface area contributed by atoms with Gasteiger partial charge in [-0.15, -0.1) is 11.6 Å². The van der Waals surface area contributed by atoms with E-state index < -0.39 is 0 Å². The van der Waals surface area contributed by atoms with E-state index in [1.807, 2.05) is 42.5 Å². The molecule has 2 rings (SSSR count). The first-order valence-corrected chi connectivity index (χ1v) is 6.10. The van der Waals surface area contributed by atoms with Crippen molar-refractivity contribution in [2.75, 3.05) is 0 Å². The zero-order valence-corrected chi connectivity index (χ0v) is 10.7. The van der Waals surface area contributed by atoms with Gasteiger partial charge < -0.3 is 0 Å². The number of halogens is 3. The molecule has 0 unspecified atom stereocenters.